The zero-order valence-electron chi connectivity index (χ0n) is 30.8. The maximum atomic E-state index is 12.2. The molecule has 0 bridgehead atoms. The fraction of sp³-hybridized carbons (Fsp3) is 0.200. The fourth-order valence-corrected chi connectivity index (χ4v) is 7.59. The third-order valence-electron chi connectivity index (χ3n) is 8.83. The number of aryl methyl sites for hydroxylation is 2. The number of hydrogen-bond donors (Lipinski definition) is 4. The molecule has 6 rings (SSSR count). The number of nitrogens with zero attached hydrogens (tertiary/aromatic N) is 4. The summed E-state index contributed by atoms with van der Waals surface area (Å²) in [6, 6.07) is 21.5. The summed E-state index contributed by atoms with van der Waals surface area (Å²) >= 11 is 0. The van der Waals surface area contributed by atoms with Crippen LogP contribution >= 0.6 is 0 Å². The molecule has 0 aliphatic carbocycles. The van der Waals surface area contributed by atoms with Gasteiger partial charge in [0.15, 0.2) is 11.5 Å². The van der Waals surface area contributed by atoms with Crippen LogP contribution in [0.15, 0.2) is 115 Å². The lowest BCUT2D eigenvalue weighted by molar-refractivity contribution is 0.318. The lowest BCUT2D eigenvalue weighted by Crippen LogP contribution is -1.99. The molecule has 0 unspecified atom stereocenters. The van der Waals surface area contributed by atoms with Crippen LogP contribution in [0, 0.1) is 13.8 Å². The van der Waals surface area contributed by atoms with E-state index in [2.05, 4.69) is 20.5 Å². The quantitative estimate of drug-likeness (QED) is 0.0640. The van der Waals surface area contributed by atoms with E-state index in [4.69, 9.17) is 9.47 Å². The Balaban J connectivity index is 1.43. The molecule has 0 aliphatic heterocycles. The Morgan fingerprint density at radius 1 is 0.518 bits per heavy atom. The molecule has 6 aromatic rings. The zero-order chi connectivity index (χ0) is 40.4. The normalized spacial score (nSPS) is 12.3. The summed E-state index contributed by atoms with van der Waals surface area (Å²) < 4.78 is 80.9. The monoisotopic (exact) mass is 798 g/mol. The fourth-order valence-electron chi connectivity index (χ4n) is 6.16. The number of ether oxygens (including phenoxy) is 2. The molecular weight excluding hydrogens is 761 g/mol. The number of fused-ring (bicyclic) bond motifs is 2. The van der Waals surface area contributed by atoms with Crippen LogP contribution in [0.2, 0.25) is 0 Å². The second-order valence-corrected chi connectivity index (χ2v) is 15.7. The molecule has 56 heavy (non-hydrogen) atoms. The Morgan fingerprint density at radius 3 is 1.20 bits per heavy atom. The number of benzene rings is 6. The van der Waals surface area contributed by atoms with E-state index in [0.717, 1.165) is 34.4 Å². The van der Waals surface area contributed by atoms with Crippen molar-refractivity contribution < 1.29 is 45.6 Å². The van der Waals surface area contributed by atoms with Crippen LogP contribution in [0.5, 0.6) is 23.0 Å². The third kappa shape index (κ3) is 8.18. The van der Waals surface area contributed by atoms with Gasteiger partial charge in [-0.15, -0.1) is 20.5 Å². The van der Waals surface area contributed by atoms with Gasteiger partial charge in [0.05, 0.1) is 13.2 Å². The smallest absolute Gasteiger partial charge is 0.295 e. The minimum atomic E-state index is -4.67. The molecule has 0 radical (unpaired) electrons. The van der Waals surface area contributed by atoms with Crippen molar-refractivity contribution in [1.82, 2.24) is 0 Å². The van der Waals surface area contributed by atoms with Crippen molar-refractivity contribution >= 4 is 64.5 Å². The molecule has 0 amide bonds. The van der Waals surface area contributed by atoms with Gasteiger partial charge in [-0.1, -0.05) is 62.4 Å². The Bertz CT molecular complexity index is 2600. The number of rotatable bonds is 13. The van der Waals surface area contributed by atoms with Crippen molar-refractivity contribution in [1.29, 1.82) is 0 Å². The molecule has 0 spiro atoms. The number of phenolic OH excluding ortho intramolecular Hbond substituents is 2. The van der Waals surface area contributed by atoms with E-state index >= 15 is 0 Å². The van der Waals surface area contributed by atoms with Gasteiger partial charge in [-0.3, -0.25) is 9.11 Å². The molecule has 4 N–H and O–H groups in total. The van der Waals surface area contributed by atoms with E-state index in [1.165, 1.54) is 24.3 Å². The highest BCUT2D eigenvalue weighted by molar-refractivity contribution is 7.86. The van der Waals surface area contributed by atoms with Gasteiger partial charge in [-0.2, -0.15) is 16.8 Å². The van der Waals surface area contributed by atoms with Crippen LogP contribution in [0.4, 0.5) is 22.7 Å². The lowest BCUT2D eigenvalue weighted by atomic mass is 9.95. The van der Waals surface area contributed by atoms with Gasteiger partial charge in [0.2, 0.25) is 0 Å². The maximum Gasteiger partial charge on any atom is 0.295 e. The SMILES string of the molecule is CCCOc1cc(-c2cc(OCCC)c(N=Nc3cc(S(=O)(=O)O)c4ccccc4c3O)cc2C)c(C)cc1N=Nc1cc(S(=O)(=O)O)c2ccccc2c1O. The van der Waals surface area contributed by atoms with Gasteiger partial charge in [0, 0.05) is 21.5 Å². The van der Waals surface area contributed by atoms with Gasteiger partial charge < -0.3 is 19.7 Å². The summed E-state index contributed by atoms with van der Waals surface area (Å²) in [6.07, 6.45) is 1.35. The molecule has 16 heteroatoms. The summed E-state index contributed by atoms with van der Waals surface area (Å²) in [5.41, 5.74) is 3.25. The summed E-state index contributed by atoms with van der Waals surface area (Å²) in [7, 11) is -9.34. The Labute approximate surface area is 323 Å². The lowest BCUT2D eigenvalue weighted by Gasteiger charge is -2.17. The maximum absolute atomic E-state index is 12.2. The van der Waals surface area contributed by atoms with Crippen LogP contribution in [0.25, 0.3) is 32.7 Å². The second kappa shape index (κ2) is 16.0. The Morgan fingerprint density at radius 2 is 0.857 bits per heavy atom. The summed E-state index contributed by atoms with van der Waals surface area (Å²) in [5.74, 6) is 0.0748. The van der Waals surface area contributed by atoms with Crippen molar-refractivity contribution in [3.63, 3.8) is 0 Å². The van der Waals surface area contributed by atoms with Crippen molar-refractivity contribution in [3.8, 4) is 34.1 Å². The highest BCUT2D eigenvalue weighted by atomic mass is 32.2. The Kier molecular flexibility index (Phi) is 11.4. The molecule has 0 saturated carbocycles. The van der Waals surface area contributed by atoms with Gasteiger partial charge in [-0.25, -0.2) is 0 Å². The van der Waals surface area contributed by atoms with Crippen molar-refractivity contribution in [2.24, 2.45) is 20.5 Å². The molecule has 6 aromatic carbocycles. The molecule has 0 aliphatic rings. The van der Waals surface area contributed by atoms with Crippen LogP contribution in [0.1, 0.15) is 37.8 Å². The first-order valence-corrected chi connectivity index (χ1v) is 20.3. The predicted octanol–water partition coefficient (Wildman–Crippen LogP) is 10.6. The standard InChI is InChI=1S/C40H38N4O10S2/c1-5-15-53-35-19-29(23(3)17-31(35)41-43-33-21-37(55(47,48)49)25-11-7-9-13-27(25)39(33)45)30-20-36(54-16-6-2)32(18-24(30)4)42-44-34-22-38(56(50,51)52)26-12-8-10-14-28(26)40(34)46/h7-14,17-22,45-46H,5-6,15-16H2,1-4H3,(H,47,48,49)(H,50,51,52). The molecule has 0 heterocycles. The van der Waals surface area contributed by atoms with Gasteiger partial charge in [-0.05, 0) is 85.3 Å². The average molecular weight is 799 g/mol. The largest absolute Gasteiger partial charge is 0.505 e. The minimum Gasteiger partial charge on any atom is -0.505 e. The molecule has 0 aromatic heterocycles. The average Bonchev–Trinajstić information content (AvgIpc) is 3.16. The van der Waals surface area contributed by atoms with E-state index in [1.54, 1.807) is 48.5 Å². The highest BCUT2D eigenvalue weighted by Gasteiger charge is 2.22. The molecule has 0 atom stereocenters. The first kappa shape index (κ1) is 39.7. The van der Waals surface area contributed by atoms with Crippen molar-refractivity contribution in [3.05, 3.63) is 96.1 Å². The van der Waals surface area contributed by atoms with Crippen molar-refractivity contribution in [2.75, 3.05) is 13.2 Å². The third-order valence-corrected chi connectivity index (χ3v) is 10.6. The van der Waals surface area contributed by atoms with E-state index in [0.29, 0.717) is 48.9 Å². The van der Waals surface area contributed by atoms with Crippen LogP contribution in [0.3, 0.4) is 0 Å². The highest BCUT2D eigenvalue weighted by Crippen LogP contribution is 2.45. The van der Waals surface area contributed by atoms with E-state index in [9.17, 15) is 36.2 Å². The summed E-state index contributed by atoms with van der Waals surface area (Å²) in [6.45, 7) is 8.27. The summed E-state index contributed by atoms with van der Waals surface area (Å²) in [5, 5.41) is 39.6. The van der Waals surface area contributed by atoms with Crippen LogP contribution in [-0.4, -0.2) is 49.4 Å². The zero-order valence-corrected chi connectivity index (χ0v) is 32.4. The van der Waals surface area contributed by atoms with E-state index < -0.39 is 30.0 Å². The number of azo groups is 2. The van der Waals surface area contributed by atoms with Gasteiger partial charge in [0.1, 0.15) is 44.0 Å². The number of aromatic hydroxyl groups is 2. The van der Waals surface area contributed by atoms with Gasteiger partial charge >= 0.3 is 0 Å². The van der Waals surface area contributed by atoms with Gasteiger partial charge in [0.25, 0.3) is 20.2 Å². The second-order valence-electron chi connectivity index (χ2n) is 12.9. The predicted molar refractivity (Wildman–Crippen MR) is 212 cm³/mol. The molecule has 0 saturated heterocycles. The number of hydrogen-bond acceptors (Lipinski definition) is 12. The molecular formula is C40H38N4O10S2. The van der Waals surface area contributed by atoms with E-state index in [1.807, 2.05) is 27.7 Å². The van der Waals surface area contributed by atoms with Crippen LogP contribution < -0.4 is 9.47 Å². The first-order valence-electron chi connectivity index (χ1n) is 17.5. The summed E-state index contributed by atoms with van der Waals surface area (Å²) in [4.78, 5) is -0.851. The Hall–Kier alpha value is -5.94. The number of phenols is 2. The minimum absolute atomic E-state index is 0.127. The molecule has 290 valence electrons. The first-order chi connectivity index (χ1) is 26.6. The van der Waals surface area contributed by atoms with Crippen molar-refractivity contribution in [2.45, 2.75) is 50.3 Å². The topological polar surface area (TPSA) is 217 Å². The van der Waals surface area contributed by atoms with Crippen LogP contribution in [-0.2, 0) is 20.2 Å². The molecule has 14 nitrogen and oxygen atoms in total. The molecule has 0 fully saturated rings. The van der Waals surface area contributed by atoms with E-state index in [-0.39, 0.29) is 44.4 Å².